The van der Waals surface area contributed by atoms with Crippen LogP contribution in [-0.2, 0) is 6.42 Å². The van der Waals surface area contributed by atoms with Gasteiger partial charge in [0.1, 0.15) is 0 Å². The first-order chi connectivity index (χ1) is 7.72. The van der Waals surface area contributed by atoms with Crippen LogP contribution in [0.1, 0.15) is 19.7 Å². The van der Waals surface area contributed by atoms with Crippen molar-refractivity contribution >= 4 is 5.96 Å². The summed E-state index contributed by atoms with van der Waals surface area (Å²) in [5.41, 5.74) is 2.51. The number of aromatic nitrogens is 2. The molecule has 0 spiro atoms. The summed E-state index contributed by atoms with van der Waals surface area (Å²) < 4.78 is 4.62. The van der Waals surface area contributed by atoms with E-state index in [9.17, 15) is 0 Å². The summed E-state index contributed by atoms with van der Waals surface area (Å²) in [5.74, 6) is 7.07. The van der Waals surface area contributed by atoms with E-state index in [1.165, 1.54) is 6.39 Å². The monoisotopic (exact) mass is 226 g/mol. The molecule has 90 valence electrons. The highest BCUT2D eigenvalue weighted by molar-refractivity contribution is 5.79. The second-order valence-corrected chi connectivity index (χ2v) is 3.75. The van der Waals surface area contributed by atoms with Crippen LogP contribution in [0.15, 0.2) is 15.9 Å². The molecule has 16 heavy (non-hydrogen) atoms. The fraction of sp³-hybridized carbons (Fsp3) is 0.667. The van der Waals surface area contributed by atoms with Crippen molar-refractivity contribution in [1.82, 2.24) is 20.9 Å². The van der Waals surface area contributed by atoms with Crippen LogP contribution in [-0.4, -0.2) is 29.2 Å². The molecule has 0 aliphatic carbocycles. The smallest absolute Gasteiger partial charge is 0.213 e. The third-order valence-corrected chi connectivity index (χ3v) is 1.80. The van der Waals surface area contributed by atoms with Gasteiger partial charge in [-0.2, -0.15) is 4.98 Å². The van der Waals surface area contributed by atoms with Crippen LogP contribution in [0.2, 0.25) is 0 Å². The second kappa shape index (κ2) is 6.78. The van der Waals surface area contributed by atoms with E-state index in [0.29, 0.717) is 30.7 Å². The van der Waals surface area contributed by atoms with Gasteiger partial charge in [-0.25, -0.2) is 5.84 Å². The number of hydrazine groups is 1. The molecule has 1 heterocycles. The van der Waals surface area contributed by atoms with Gasteiger partial charge < -0.3 is 9.84 Å². The van der Waals surface area contributed by atoms with E-state index < -0.39 is 0 Å². The summed E-state index contributed by atoms with van der Waals surface area (Å²) >= 11 is 0. The lowest BCUT2D eigenvalue weighted by molar-refractivity contribution is 0.409. The molecule has 0 aliphatic heterocycles. The Morgan fingerprint density at radius 3 is 3.00 bits per heavy atom. The SMILES string of the molecule is CC(C)CN=C(NN)NCCc1ncon1. The lowest BCUT2D eigenvalue weighted by atomic mass is 10.2. The maximum atomic E-state index is 5.33. The van der Waals surface area contributed by atoms with Crippen LogP contribution in [0, 0.1) is 5.92 Å². The minimum atomic E-state index is 0.502. The zero-order valence-corrected chi connectivity index (χ0v) is 9.60. The van der Waals surface area contributed by atoms with Crippen LogP contribution in [0.25, 0.3) is 0 Å². The number of hydrogen-bond donors (Lipinski definition) is 3. The van der Waals surface area contributed by atoms with Gasteiger partial charge in [-0.1, -0.05) is 19.0 Å². The first-order valence-corrected chi connectivity index (χ1v) is 5.22. The van der Waals surface area contributed by atoms with E-state index >= 15 is 0 Å². The molecule has 1 rings (SSSR count). The van der Waals surface area contributed by atoms with Crippen molar-refractivity contribution in [2.24, 2.45) is 16.8 Å². The molecule has 7 heteroatoms. The maximum Gasteiger partial charge on any atom is 0.213 e. The van der Waals surface area contributed by atoms with Gasteiger partial charge in [0, 0.05) is 19.5 Å². The zero-order valence-electron chi connectivity index (χ0n) is 9.60. The molecule has 7 nitrogen and oxygen atoms in total. The Morgan fingerprint density at radius 2 is 2.44 bits per heavy atom. The Morgan fingerprint density at radius 1 is 1.62 bits per heavy atom. The summed E-state index contributed by atoms with van der Waals surface area (Å²) in [4.78, 5) is 8.17. The molecule has 0 fully saturated rings. The predicted octanol–water partition coefficient (Wildman–Crippen LogP) is -0.323. The molecular formula is C9H18N6O. The van der Waals surface area contributed by atoms with Gasteiger partial charge in [-0.05, 0) is 5.92 Å². The normalized spacial score (nSPS) is 11.9. The number of rotatable bonds is 5. The molecule has 0 amide bonds. The van der Waals surface area contributed by atoms with Crippen LogP contribution < -0.4 is 16.6 Å². The summed E-state index contributed by atoms with van der Waals surface area (Å²) in [6.07, 6.45) is 1.98. The summed E-state index contributed by atoms with van der Waals surface area (Å²) in [5, 5.41) is 6.75. The standard InChI is InChI=1S/C9H18N6O/c1-7(2)5-12-9(14-10)11-4-3-8-13-6-16-15-8/h6-7H,3-5,10H2,1-2H3,(H2,11,12,14). The van der Waals surface area contributed by atoms with Crippen molar-refractivity contribution in [3.63, 3.8) is 0 Å². The maximum absolute atomic E-state index is 5.33. The Labute approximate surface area is 94.5 Å². The summed E-state index contributed by atoms with van der Waals surface area (Å²) in [6, 6.07) is 0. The number of hydrogen-bond acceptors (Lipinski definition) is 5. The zero-order chi connectivity index (χ0) is 11.8. The summed E-state index contributed by atoms with van der Waals surface area (Å²) in [6.45, 7) is 5.57. The van der Waals surface area contributed by atoms with Crippen molar-refractivity contribution in [2.45, 2.75) is 20.3 Å². The molecule has 0 radical (unpaired) electrons. The number of nitrogens with zero attached hydrogens (tertiary/aromatic N) is 3. The minimum absolute atomic E-state index is 0.502. The number of nitrogens with one attached hydrogen (secondary N) is 2. The quantitative estimate of drug-likeness (QED) is 0.275. The van der Waals surface area contributed by atoms with Gasteiger partial charge >= 0.3 is 0 Å². The highest BCUT2D eigenvalue weighted by Gasteiger charge is 2.00. The van der Waals surface area contributed by atoms with Crippen LogP contribution in [0.5, 0.6) is 0 Å². The molecule has 0 saturated carbocycles. The van der Waals surface area contributed by atoms with Crippen LogP contribution in [0.3, 0.4) is 0 Å². The van der Waals surface area contributed by atoms with Gasteiger partial charge in [-0.3, -0.25) is 10.4 Å². The Hall–Kier alpha value is -1.63. The first-order valence-electron chi connectivity index (χ1n) is 5.22. The molecule has 0 aromatic carbocycles. The predicted molar refractivity (Wildman–Crippen MR) is 60.5 cm³/mol. The van der Waals surface area contributed by atoms with Crippen molar-refractivity contribution in [3.8, 4) is 0 Å². The molecule has 0 unspecified atom stereocenters. The first kappa shape index (κ1) is 12.4. The third kappa shape index (κ3) is 4.74. The summed E-state index contributed by atoms with van der Waals surface area (Å²) in [7, 11) is 0. The van der Waals surface area contributed by atoms with Crippen molar-refractivity contribution in [3.05, 3.63) is 12.2 Å². The van der Waals surface area contributed by atoms with Crippen molar-refractivity contribution in [2.75, 3.05) is 13.1 Å². The Bertz CT molecular complexity index is 308. The topological polar surface area (TPSA) is 101 Å². The fourth-order valence-electron chi connectivity index (χ4n) is 1.02. The number of guanidine groups is 1. The van der Waals surface area contributed by atoms with Gasteiger partial charge in [-0.15, -0.1) is 0 Å². The molecule has 1 aromatic rings. The highest BCUT2D eigenvalue weighted by atomic mass is 16.5. The van der Waals surface area contributed by atoms with E-state index in [-0.39, 0.29) is 0 Å². The Balaban J connectivity index is 2.26. The molecular weight excluding hydrogens is 208 g/mol. The average molecular weight is 226 g/mol. The molecule has 0 bridgehead atoms. The van der Waals surface area contributed by atoms with Gasteiger partial charge in [0.2, 0.25) is 12.4 Å². The molecule has 0 atom stereocenters. The van der Waals surface area contributed by atoms with E-state index in [1.54, 1.807) is 0 Å². The van der Waals surface area contributed by atoms with Gasteiger partial charge in [0.05, 0.1) is 0 Å². The second-order valence-electron chi connectivity index (χ2n) is 3.75. The van der Waals surface area contributed by atoms with E-state index in [0.717, 1.165) is 6.54 Å². The van der Waals surface area contributed by atoms with E-state index in [2.05, 4.69) is 44.2 Å². The molecule has 0 saturated heterocycles. The van der Waals surface area contributed by atoms with Gasteiger partial charge in [0.15, 0.2) is 5.82 Å². The third-order valence-electron chi connectivity index (χ3n) is 1.80. The average Bonchev–Trinajstić information content (AvgIpc) is 2.75. The molecule has 4 N–H and O–H groups in total. The fourth-order valence-corrected chi connectivity index (χ4v) is 1.02. The lowest BCUT2D eigenvalue weighted by Crippen LogP contribution is -2.42. The van der Waals surface area contributed by atoms with Crippen molar-refractivity contribution < 1.29 is 4.52 Å². The minimum Gasteiger partial charge on any atom is -0.355 e. The van der Waals surface area contributed by atoms with Gasteiger partial charge in [0.25, 0.3) is 0 Å². The highest BCUT2D eigenvalue weighted by Crippen LogP contribution is 1.91. The lowest BCUT2D eigenvalue weighted by Gasteiger charge is -2.08. The molecule has 0 aliphatic rings. The van der Waals surface area contributed by atoms with Crippen LogP contribution >= 0.6 is 0 Å². The molecule has 1 aromatic heterocycles. The van der Waals surface area contributed by atoms with Crippen molar-refractivity contribution in [1.29, 1.82) is 0 Å². The largest absolute Gasteiger partial charge is 0.355 e. The van der Waals surface area contributed by atoms with E-state index in [4.69, 9.17) is 5.84 Å². The van der Waals surface area contributed by atoms with E-state index in [1.807, 2.05) is 0 Å². The number of nitrogens with two attached hydrogens (primary N) is 1. The van der Waals surface area contributed by atoms with Crippen LogP contribution in [0.4, 0.5) is 0 Å². The number of aliphatic imine (C=N–C) groups is 1. The Kier molecular flexibility index (Phi) is 5.27.